The molecule has 1 fully saturated rings. The Morgan fingerprint density at radius 3 is 2.53 bits per heavy atom. The topological polar surface area (TPSA) is 97.1 Å². The number of nitrogens with zero attached hydrogens (tertiary/aromatic N) is 5. The molecule has 0 spiro atoms. The zero-order valence-corrected chi connectivity index (χ0v) is 17.2. The third kappa shape index (κ3) is 3.94. The van der Waals surface area contributed by atoms with Crippen molar-refractivity contribution >= 4 is 34.1 Å². The molecule has 4 aromatic rings. The Kier molecular flexibility index (Phi) is 5.83. The molecule has 1 aliphatic rings. The minimum absolute atomic E-state index is 0.0219. The van der Waals surface area contributed by atoms with Crippen molar-refractivity contribution < 1.29 is 4.79 Å². The zero-order valence-electron chi connectivity index (χ0n) is 17.2. The first-order chi connectivity index (χ1) is 14.8. The van der Waals surface area contributed by atoms with Crippen LogP contribution in [0.4, 0.5) is 11.5 Å². The maximum Gasteiger partial charge on any atom is 0.251 e. The molecular weight excluding hydrogens is 378 g/mol. The summed E-state index contributed by atoms with van der Waals surface area (Å²) in [5, 5.41) is 18.3. The van der Waals surface area contributed by atoms with E-state index in [1.54, 1.807) is 4.52 Å². The third-order valence-corrected chi connectivity index (χ3v) is 5.12. The average Bonchev–Trinajstić information content (AvgIpc) is 3.48. The van der Waals surface area contributed by atoms with Crippen LogP contribution in [-0.2, 0) is 0 Å². The Hall–Kier alpha value is -3.55. The highest BCUT2D eigenvalue weighted by Crippen LogP contribution is 2.23. The molecule has 1 saturated carbocycles. The number of carbonyl (C=O) groups excluding carboxylic acids is 1. The van der Waals surface area contributed by atoms with E-state index in [0.717, 1.165) is 29.6 Å². The van der Waals surface area contributed by atoms with Crippen LogP contribution >= 0.6 is 0 Å². The van der Waals surface area contributed by atoms with E-state index in [1.807, 2.05) is 62.4 Å². The molecule has 0 radical (unpaired) electrons. The average molecular weight is 403 g/mol. The number of hydrogen-bond acceptors (Lipinski definition) is 6. The van der Waals surface area contributed by atoms with E-state index in [1.165, 1.54) is 12.8 Å². The molecule has 2 heterocycles. The first-order valence-corrected chi connectivity index (χ1v) is 10.4. The number of aromatic nitrogens is 5. The van der Waals surface area contributed by atoms with E-state index < -0.39 is 0 Å². The summed E-state index contributed by atoms with van der Waals surface area (Å²) < 4.78 is 1.66. The van der Waals surface area contributed by atoms with Gasteiger partial charge in [-0.05, 0) is 59.7 Å². The van der Waals surface area contributed by atoms with Crippen LogP contribution in [0.2, 0.25) is 0 Å². The van der Waals surface area contributed by atoms with Gasteiger partial charge in [0.05, 0.1) is 11.0 Å². The number of para-hydroxylation sites is 2. The van der Waals surface area contributed by atoms with Gasteiger partial charge in [-0.2, -0.15) is 4.52 Å². The van der Waals surface area contributed by atoms with Gasteiger partial charge in [0.2, 0.25) is 5.65 Å². The minimum Gasteiger partial charge on any atom is -0.349 e. The standard InChI is InChI=1S/C20H19N7O.C2H6/c28-20(22-14-5-1-2-6-14)13-9-11-15(12-10-13)21-18-19-24-25-26-27(19)17-8-4-3-7-16(17)23-18;1-2/h3-4,7-12,14H,1-2,5-6H2,(H,21,23)(H,22,28);1-2H3. The van der Waals surface area contributed by atoms with Crippen molar-refractivity contribution in [3.8, 4) is 0 Å². The van der Waals surface area contributed by atoms with E-state index >= 15 is 0 Å². The van der Waals surface area contributed by atoms with E-state index in [2.05, 4.69) is 31.1 Å². The van der Waals surface area contributed by atoms with Crippen LogP contribution in [0.5, 0.6) is 0 Å². The normalized spacial score (nSPS) is 13.8. The van der Waals surface area contributed by atoms with Gasteiger partial charge in [0.25, 0.3) is 5.91 Å². The fraction of sp³-hybridized carbons (Fsp3) is 0.318. The second-order valence-corrected chi connectivity index (χ2v) is 7.02. The van der Waals surface area contributed by atoms with Crippen LogP contribution in [0.1, 0.15) is 49.9 Å². The number of amides is 1. The maximum absolute atomic E-state index is 12.4. The Labute approximate surface area is 174 Å². The van der Waals surface area contributed by atoms with Crippen molar-refractivity contribution in [1.82, 2.24) is 30.3 Å². The molecule has 2 aromatic heterocycles. The number of benzene rings is 2. The number of anilines is 2. The molecule has 2 N–H and O–H groups in total. The number of rotatable bonds is 4. The molecule has 0 aliphatic heterocycles. The van der Waals surface area contributed by atoms with Crippen LogP contribution in [-0.4, -0.2) is 37.0 Å². The first-order valence-electron chi connectivity index (χ1n) is 10.4. The highest BCUT2D eigenvalue weighted by atomic mass is 16.1. The monoisotopic (exact) mass is 403 g/mol. The van der Waals surface area contributed by atoms with E-state index in [4.69, 9.17) is 0 Å². The Bertz CT molecular complexity index is 1150. The summed E-state index contributed by atoms with van der Waals surface area (Å²) in [6.45, 7) is 4.00. The SMILES string of the molecule is CC.O=C(NC1CCCC1)c1ccc(Nc2nc3ccccc3n3nnnc23)cc1. The lowest BCUT2D eigenvalue weighted by Crippen LogP contribution is -2.32. The third-order valence-electron chi connectivity index (χ3n) is 5.12. The number of hydrogen-bond donors (Lipinski definition) is 2. The second-order valence-electron chi connectivity index (χ2n) is 7.02. The molecule has 2 aromatic carbocycles. The molecule has 30 heavy (non-hydrogen) atoms. The zero-order chi connectivity index (χ0) is 20.9. The highest BCUT2D eigenvalue weighted by Gasteiger charge is 2.18. The van der Waals surface area contributed by atoms with Gasteiger partial charge in [0.15, 0.2) is 5.82 Å². The number of carbonyl (C=O) groups is 1. The first kappa shape index (κ1) is 19.8. The van der Waals surface area contributed by atoms with Crippen LogP contribution in [0.3, 0.4) is 0 Å². The lowest BCUT2D eigenvalue weighted by atomic mass is 10.1. The van der Waals surface area contributed by atoms with Gasteiger partial charge in [-0.15, -0.1) is 5.10 Å². The highest BCUT2D eigenvalue weighted by molar-refractivity contribution is 5.95. The summed E-state index contributed by atoms with van der Waals surface area (Å²) in [5.41, 5.74) is 3.63. The molecule has 8 heteroatoms. The molecule has 0 unspecified atom stereocenters. The lowest BCUT2D eigenvalue weighted by molar-refractivity contribution is 0.0938. The van der Waals surface area contributed by atoms with Crippen molar-refractivity contribution in [3.63, 3.8) is 0 Å². The van der Waals surface area contributed by atoms with Gasteiger partial charge in [0, 0.05) is 17.3 Å². The van der Waals surface area contributed by atoms with Crippen LogP contribution in [0.15, 0.2) is 48.5 Å². The quantitative estimate of drug-likeness (QED) is 0.532. The van der Waals surface area contributed by atoms with E-state index in [9.17, 15) is 4.79 Å². The Balaban J connectivity index is 0.00000106. The van der Waals surface area contributed by atoms with Crippen molar-refractivity contribution in [1.29, 1.82) is 0 Å². The van der Waals surface area contributed by atoms with Crippen molar-refractivity contribution in [2.75, 3.05) is 5.32 Å². The smallest absolute Gasteiger partial charge is 0.251 e. The van der Waals surface area contributed by atoms with E-state index in [-0.39, 0.29) is 5.91 Å². The predicted molar refractivity (Wildman–Crippen MR) is 117 cm³/mol. The summed E-state index contributed by atoms with van der Waals surface area (Å²) in [5.74, 6) is 0.540. The second kappa shape index (κ2) is 8.86. The summed E-state index contributed by atoms with van der Waals surface area (Å²) in [4.78, 5) is 17.0. The summed E-state index contributed by atoms with van der Waals surface area (Å²) in [6, 6.07) is 15.3. The molecule has 154 valence electrons. The maximum atomic E-state index is 12.4. The molecule has 0 saturated heterocycles. The van der Waals surface area contributed by atoms with Crippen LogP contribution < -0.4 is 10.6 Å². The lowest BCUT2D eigenvalue weighted by Gasteiger charge is -2.12. The largest absolute Gasteiger partial charge is 0.349 e. The van der Waals surface area contributed by atoms with Gasteiger partial charge in [-0.25, -0.2) is 4.98 Å². The number of tetrazole rings is 1. The molecule has 1 amide bonds. The van der Waals surface area contributed by atoms with Gasteiger partial charge < -0.3 is 10.6 Å². The molecule has 0 bridgehead atoms. The predicted octanol–water partition coefficient (Wildman–Crippen LogP) is 4.11. The summed E-state index contributed by atoms with van der Waals surface area (Å²) >= 11 is 0. The molecule has 5 rings (SSSR count). The molecule has 1 aliphatic carbocycles. The molecule has 0 atom stereocenters. The summed E-state index contributed by atoms with van der Waals surface area (Å²) in [6.07, 6.45) is 4.53. The number of fused-ring (bicyclic) bond motifs is 3. The van der Waals surface area contributed by atoms with Crippen molar-refractivity contribution in [2.45, 2.75) is 45.6 Å². The van der Waals surface area contributed by atoms with Crippen molar-refractivity contribution in [3.05, 3.63) is 54.1 Å². The van der Waals surface area contributed by atoms with Crippen LogP contribution in [0, 0.1) is 0 Å². The van der Waals surface area contributed by atoms with Crippen LogP contribution in [0.25, 0.3) is 16.7 Å². The fourth-order valence-electron chi connectivity index (χ4n) is 3.67. The van der Waals surface area contributed by atoms with E-state index in [0.29, 0.717) is 23.1 Å². The Morgan fingerprint density at radius 1 is 1.03 bits per heavy atom. The van der Waals surface area contributed by atoms with Crippen molar-refractivity contribution in [2.24, 2.45) is 0 Å². The van der Waals surface area contributed by atoms with Gasteiger partial charge in [0.1, 0.15) is 0 Å². The minimum atomic E-state index is -0.0219. The fourth-order valence-corrected chi connectivity index (χ4v) is 3.67. The van der Waals surface area contributed by atoms with Gasteiger partial charge in [-0.3, -0.25) is 4.79 Å². The summed E-state index contributed by atoms with van der Waals surface area (Å²) in [7, 11) is 0. The van der Waals surface area contributed by atoms with Gasteiger partial charge >= 0.3 is 0 Å². The van der Waals surface area contributed by atoms with Gasteiger partial charge in [-0.1, -0.05) is 38.8 Å². The Morgan fingerprint density at radius 2 is 1.77 bits per heavy atom. The molecular formula is C22H25N7O. The number of nitrogens with one attached hydrogen (secondary N) is 2. The molecule has 8 nitrogen and oxygen atoms in total.